The van der Waals surface area contributed by atoms with Crippen molar-refractivity contribution in [3.05, 3.63) is 22.6 Å². The van der Waals surface area contributed by atoms with Crippen molar-refractivity contribution in [2.75, 3.05) is 11.3 Å². The second-order valence-electron chi connectivity index (χ2n) is 4.15. The predicted octanol–water partition coefficient (Wildman–Crippen LogP) is 1.66. The first-order chi connectivity index (χ1) is 9.42. The average Bonchev–Trinajstić information content (AvgIpc) is 2.93. The van der Waals surface area contributed by atoms with Gasteiger partial charge >= 0.3 is 0 Å². The number of rotatable bonds is 6. The molecule has 0 aliphatic heterocycles. The van der Waals surface area contributed by atoms with Crippen LogP contribution in [0.1, 0.15) is 23.5 Å². The lowest BCUT2D eigenvalue weighted by Gasteiger charge is -2.02. The molecule has 0 aromatic carbocycles. The fourth-order valence-corrected chi connectivity index (χ4v) is 3.66. The summed E-state index contributed by atoms with van der Waals surface area (Å²) in [5.41, 5.74) is 0. The SMILES string of the molecule is CCNCc1cc(S(=O)(=O)Nc2nnc(C)s2)c(C)o1. The molecule has 2 aromatic rings. The zero-order chi connectivity index (χ0) is 14.8. The minimum absolute atomic E-state index is 0.123. The Hall–Kier alpha value is -1.45. The number of aryl methyl sites for hydroxylation is 2. The molecule has 2 heterocycles. The maximum Gasteiger partial charge on any atom is 0.267 e. The highest BCUT2D eigenvalue weighted by atomic mass is 32.2. The molecule has 2 N–H and O–H groups in total. The summed E-state index contributed by atoms with van der Waals surface area (Å²) < 4.78 is 32.4. The number of hydrogen-bond acceptors (Lipinski definition) is 7. The first kappa shape index (κ1) is 14.9. The first-order valence-electron chi connectivity index (χ1n) is 6.05. The molecular formula is C11H16N4O3S2. The first-order valence-corrected chi connectivity index (χ1v) is 8.35. The van der Waals surface area contributed by atoms with Crippen molar-refractivity contribution in [2.24, 2.45) is 0 Å². The number of sulfonamides is 1. The Bertz CT molecular complexity index is 690. The Morgan fingerprint density at radius 2 is 2.10 bits per heavy atom. The molecular weight excluding hydrogens is 300 g/mol. The van der Waals surface area contributed by atoms with Crippen LogP contribution < -0.4 is 10.0 Å². The Labute approximate surface area is 121 Å². The highest BCUT2D eigenvalue weighted by Crippen LogP contribution is 2.24. The Morgan fingerprint density at radius 1 is 1.35 bits per heavy atom. The molecule has 0 saturated carbocycles. The Kier molecular flexibility index (Phi) is 4.41. The molecule has 0 spiro atoms. The van der Waals surface area contributed by atoms with E-state index in [4.69, 9.17) is 4.42 Å². The highest BCUT2D eigenvalue weighted by molar-refractivity contribution is 7.93. The quantitative estimate of drug-likeness (QED) is 0.841. The van der Waals surface area contributed by atoms with Crippen molar-refractivity contribution in [3.8, 4) is 0 Å². The van der Waals surface area contributed by atoms with Crippen LogP contribution in [-0.4, -0.2) is 25.2 Å². The molecule has 0 aliphatic carbocycles. The van der Waals surface area contributed by atoms with E-state index in [0.29, 0.717) is 23.1 Å². The van der Waals surface area contributed by atoms with E-state index in [1.165, 1.54) is 17.4 Å². The predicted molar refractivity (Wildman–Crippen MR) is 76.3 cm³/mol. The lowest BCUT2D eigenvalue weighted by atomic mass is 10.4. The molecule has 0 amide bonds. The van der Waals surface area contributed by atoms with Gasteiger partial charge in [0.1, 0.15) is 21.4 Å². The highest BCUT2D eigenvalue weighted by Gasteiger charge is 2.22. The van der Waals surface area contributed by atoms with Crippen molar-refractivity contribution < 1.29 is 12.8 Å². The van der Waals surface area contributed by atoms with Crippen LogP contribution in [0.3, 0.4) is 0 Å². The fraction of sp³-hybridized carbons (Fsp3) is 0.455. The van der Waals surface area contributed by atoms with Crippen LogP contribution in [0.25, 0.3) is 0 Å². The summed E-state index contributed by atoms with van der Waals surface area (Å²) in [6.45, 7) is 6.62. The van der Waals surface area contributed by atoms with Crippen LogP contribution in [0.2, 0.25) is 0 Å². The fourth-order valence-electron chi connectivity index (χ4n) is 1.63. The summed E-state index contributed by atoms with van der Waals surface area (Å²) in [6.07, 6.45) is 0. The van der Waals surface area contributed by atoms with E-state index in [1.54, 1.807) is 13.8 Å². The zero-order valence-electron chi connectivity index (χ0n) is 11.4. The standard InChI is InChI=1S/C11H16N4O3S2/c1-4-12-6-9-5-10(7(2)18-9)20(16,17)15-11-14-13-8(3)19-11/h5,12H,4,6H2,1-3H3,(H,14,15). The molecule has 0 aliphatic rings. The normalized spacial score (nSPS) is 11.8. The number of nitrogens with zero attached hydrogens (tertiary/aromatic N) is 2. The zero-order valence-corrected chi connectivity index (χ0v) is 13.1. The van der Waals surface area contributed by atoms with E-state index in [1.807, 2.05) is 6.92 Å². The van der Waals surface area contributed by atoms with E-state index in [2.05, 4.69) is 20.2 Å². The van der Waals surface area contributed by atoms with E-state index >= 15 is 0 Å². The molecule has 0 atom stereocenters. The van der Waals surface area contributed by atoms with Gasteiger partial charge in [-0.25, -0.2) is 8.42 Å². The summed E-state index contributed by atoms with van der Waals surface area (Å²) in [6, 6.07) is 1.52. The third-order valence-electron chi connectivity index (χ3n) is 2.51. The van der Waals surface area contributed by atoms with Gasteiger partial charge < -0.3 is 9.73 Å². The Morgan fingerprint density at radius 3 is 2.70 bits per heavy atom. The molecule has 2 rings (SSSR count). The summed E-state index contributed by atoms with van der Waals surface area (Å²) in [5, 5.41) is 11.5. The third kappa shape index (κ3) is 3.35. The van der Waals surface area contributed by atoms with Crippen LogP contribution in [-0.2, 0) is 16.6 Å². The smallest absolute Gasteiger partial charge is 0.267 e. The number of aromatic nitrogens is 2. The number of furan rings is 1. The van der Waals surface area contributed by atoms with Crippen LogP contribution in [0.5, 0.6) is 0 Å². The van der Waals surface area contributed by atoms with Gasteiger partial charge in [0.2, 0.25) is 5.13 Å². The second-order valence-corrected chi connectivity index (χ2v) is 6.98. The Balaban J connectivity index is 2.22. The minimum Gasteiger partial charge on any atom is -0.464 e. The molecule has 0 unspecified atom stereocenters. The van der Waals surface area contributed by atoms with Crippen molar-refractivity contribution in [2.45, 2.75) is 32.2 Å². The summed E-state index contributed by atoms with van der Waals surface area (Å²) in [4.78, 5) is 0.123. The van der Waals surface area contributed by atoms with Gasteiger partial charge in [-0.2, -0.15) is 0 Å². The van der Waals surface area contributed by atoms with Crippen molar-refractivity contribution >= 4 is 26.5 Å². The van der Waals surface area contributed by atoms with E-state index in [0.717, 1.165) is 6.54 Å². The third-order valence-corrected chi connectivity index (χ3v) is 4.84. The monoisotopic (exact) mass is 316 g/mol. The van der Waals surface area contributed by atoms with E-state index in [9.17, 15) is 8.42 Å². The maximum absolute atomic E-state index is 12.3. The van der Waals surface area contributed by atoms with Gasteiger partial charge in [-0.15, -0.1) is 10.2 Å². The van der Waals surface area contributed by atoms with Crippen LogP contribution in [0.4, 0.5) is 5.13 Å². The molecule has 2 aromatic heterocycles. The van der Waals surface area contributed by atoms with Crippen molar-refractivity contribution in [1.29, 1.82) is 0 Å². The molecule has 0 saturated heterocycles. The van der Waals surface area contributed by atoms with Gasteiger partial charge in [0.25, 0.3) is 10.0 Å². The lowest BCUT2D eigenvalue weighted by Crippen LogP contribution is -2.13. The molecule has 0 bridgehead atoms. The molecule has 20 heavy (non-hydrogen) atoms. The largest absolute Gasteiger partial charge is 0.464 e. The minimum atomic E-state index is -3.70. The topological polar surface area (TPSA) is 97.1 Å². The number of nitrogens with one attached hydrogen (secondary N) is 2. The average molecular weight is 316 g/mol. The number of anilines is 1. The summed E-state index contributed by atoms with van der Waals surface area (Å²) in [5.74, 6) is 0.935. The van der Waals surface area contributed by atoms with Gasteiger partial charge in [0.15, 0.2) is 0 Å². The molecule has 0 radical (unpaired) electrons. The lowest BCUT2D eigenvalue weighted by molar-refractivity contribution is 0.460. The summed E-state index contributed by atoms with van der Waals surface area (Å²) in [7, 11) is -3.70. The summed E-state index contributed by atoms with van der Waals surface area (Å²) >= 11 is 1.18. The van der Waals surface area contributed by atoms with Gasteiger partial charge in [-0.3, -0.25) is 4.72 Å². The molecule has 110 valence electrons. The second kappa shape index (κ2) is 5.90. The number of hydrogen-bond donors (Lipinski definition) is 2. The maximum atomic E-state index is 12.3. The van der Waals surface area contributed by atoms with Crippen LogP contribution >= 0.6 is 11.3 Å². The van der Waals surface area contributed by atoms with Crippen LogP contribution in [0.15, 0.2) is 15.4 Å². The van der Waals surface area contributed by atoms with E-state index in [-0.39, 0.29) is 10.0 Å². The van der Waals surface area contributed by atoms with Gasteiger partial charge in [0, 0.05) is 6.07 Å². The molecule has 9 heteroatoms. The van der Waals surface area contributed by atoms with Gasteiger partial charge in [0.05, 0.1) is 6.54 Å². The molecule has 0 fully saturated rings. The van der Waals surface area contributed by atoms with Crippen LogP contribution in [0, 0.1) is 13.8 Å². The molecule has 7 nitrogen and oxygen atoms in total. The van der Waals surface area contributed by atoms with Crippen molar-refractivity contribution in [1.82, 2.24) is 15.5 Å². The van der Waals surface area contributed by atoms with Crippen molar-refractivity contribution in [3.63, 3.8) is 0 Å². The van der Waals surface area contributed by atoms with Gasteiger partial charge in [-0.05, 0) is 20.4 Å². The van der Waals surface area contributed by atoms with E-state index < -0.39 is 10.0 Å². The van der Waals surface area contributed by atoms with Gasteiger partial charge in [-0.1, -0.05) is 18.3 Å².